The molecule has 0 aliphatic heterocycles. The molecule has 0 fully saturated rings. The van der Waals surface area contributed by atoms with E-state index in [1.54, 1.807) is 0 Å². The van der Waals surface area contributed by atoms with Crippen molar-refractivity contribution in [1.29, 1.82) is 0 Å². The molecule has 0 atom stereocenters. The predicted molar refractivity (Wildman–Crippen MR) is 55.5 cm³/mol. The standard InChI is InChI=1S/2Al.K.H3O4P.H2O4S.7H/c;;;2*1-5(2,3)4;;;;;;;/h;;;(H3,1,2,3,4);(H2,1,2,3,4);;;;;;;. The van der Waals surface area contributed by atoms with Gasteiger partial charge in [-0.2, -0.15) is 8.42 Å². The van der Waals surface area contributed by atoms with Gasteiger partial charge >= 0.3 is 69.6 Å². The van der Waals surface area contributed by atoms with Gasteiger partial charge in [-0.05, 0) is 0 Å². The second-order valence-corrected chi connectivity index (χ2v) is 2.88. The van der Waals surface area contributed by atoms with E-state index in [9.17, 15) is 0 Å². The van der Waals surface area contributed by atoms with Crippen LogP contribution < -0.4 is 0 Å². The van der Waals surface area contributed by atoms with Crippen LogP contribution in [0.2, 0.25) is 0 Å². The Bertz CT molecular complexity index is 200. The summed E-state index contributed by atoms with van der Waals surface area (Å²) in [6.07, 6.45) is 0. The molecular weight excluding hydrogens is 284 g/mol. The summed E-state index contributed by atoms with van der Waals surface area (Å²) in [5.41, 5.74) is 0. The van der Waals surface area contributed by atoms with Crippen molar-refractivity contribution in [2.24, 2.45) is 0 Å². The van der Waals surface area contributed by atoms with Crippen molar-refractivity contribution >= 4 is 104 Å². The summed E-state index contributed by atoms with van der Waals surface area (Å²) < 4.78 is 40.5. The number of hydrogen-bond donors (Lipinski definition) is 5. The molecule has 0 amide bonds. The molecule has 0 aliphatic rings. The third-order valence-electron chi connectivity index (χ3n) is 0. The van der Waals surface area contributed by atoms with E-state index < -0.39 is 18.2 Å². The zero-order chi connectivity index (χ0) is 9.00. The summed E-state index contributed by atoms with van der Waals surface area (Å²) in [5.74, 6) is 0. The first kappa shape index (κ1) is 29.6. The van der Waals surface area contributed by atoms with E-state index in [2.05, 4.69) is 0 Å². The van der Waals surface area contributed by atoms with E-state index >= 15 is 0 Å². The van der Waals surface area contributed by atoms with Gasteiger partial charge in [0, 0.05) is 0 Å². The van der Waals surface area contributed by atoms with Gasteiger partial charge in [-0.1, -0.05) is 0 Å². The second kappa shape index (κ2) is 12.7. The van der Waals surface area contributed by atoms with E-state index in [4.69, 9.17) is 36.8 Å². The van der Waals surface area contributed by atoms with Crippen LogP contribution in [0.4, 0.5) is 0 Å². The van der Waals surface area contributed by atoms with Crippen LogP contribution in [0.25, 0.3) is 0 Å². The molecule has 13 heteroatoms. The summed E-state index contributed by atoms with van der Waals surface area (Å²) in [4.78, 5) is 21.6. The average molecular weight is 296 g/mol. The van der Waals surface area contributed by atoms with Crippen LogP contribution in [-0.4, -0.2) is 118 Å². The third kappa shape index (κ3) is 328. The van der Waals surface area contributed by atoms with Crippen molar-refractivity contribution in [3.8, 4) is 0 Å². The first-order chi connectivity index (χ1) is 4.00. The van der Waals surface area contributed by atoms with Crippen LogP contribution in [0.5, 0.6) is 0 Å². The molecule has 5 N–H and O–H groups in total. The van der Waals surface area contributed by atoms with E-state index in [0.29, 0.717) is 0 Å². The van der Waals surface area contributed by atoms with Crippen molar-refractivity contribution in [3.63, 3.8) is 0 Å². The van der Waals surface area contributed by atoms with Gasteiger partial charge in [-0.3, -0.25) is 9.11 Å². The molecule has 0 aliphatic carbocycles. The Labute approximate surface area is 139 Å². The maximum atomic E-state index is 8.88. The molecule has 0 radical (unpaired) electrons. The SMILES string of the molecule is O=P(O)(O)O.O=S(=O)(O)O.[AlH3].[AlH3].[KH]. The number of phosphoric acid groups is 1. The topological polar surface area (TPSA) is 152 Å². The summed E-state index contributed by atoms with van der Waals surface area (Å²) in [7, 11) is -9.31. The van der Waals surface area contributed by atoms with Crippen LogP contribution >= 0.6 is 7.82 Å². The second-order valence-electron chi connectivity index (χ2n) is 0.961. The maximum absolute atomic E-state index is 8.88. The van der Waals surface area contributed by atoms with E-state index in [1.807, 2.05) is 0 Å². The molecule has 0 aromatic rings. The first-order valence-corrected chi connectivity index (χ1v) is 4.44. The molecule has 0 spiro atoms. The fraction of sp³-hybridized carbons (Fsp3) is 0. The van der Waals surface area contributed by atoms with Crippen molar-refractivity contribution in [1.82, 2.24) is 0 Å². The van der Waals surface area contributed by atoms with Crippen molar-refractivity contribution in [3.05, 3.63) is 0 Å². The van der Waals surface area contributed by atoms with Crippen LogP contribution in [0.15, 0.2) is 0 Å². The van der Waals surface area contributed by atoms with E-state index in [-0.39, 0.29) is 86.1 Å². The van der Waals surface area contributed by atoms with E-state index in [1.165, 1.54) is 0 Å². The molecule has 0 aromatic heterocycles. The Kier molecular flexibility index (Phi) is 29.1. The number of rotatable bonds is 0. The van der Waals surface area contributed by atoms with Crippen LogP contribution in [-0.2, 0) is 15.0 Å². The molecule has 0 aromatic carbocycles. The van der Waals surface area contributed by atoms with Gasteiger partial charge in [0.25, 0.3) is 0 Å². The number of hydrogen-bond acceptors (Lipinski definition) is 3. The molecular formula is H12Al2KO8PS. The Morgan fingerprint density at radius 3 is 0.923 bits per heavy atom. The fourth-order valence-electron chi connectivity index (χ4n) is 0. The quantitative estimate of drug-likeness (QED) is 0.170. The molecule has 0 heterocycles. The van der Waals surface area contributed by atoms with E-state index in [0.717, 1.165) is 0 Å². The fourth-order valence-corrected chi connectivity index (χ4v) is 0. The predicted octanol–water partition coefficient (Wildman–Crippen LogP) is -4.60. The zero-order valence-electron chi connectivity index (χ0n) is 4.32. The Morgan fingerprint density at radius 2 is 0.923 bits per heavy atom. The Balaban J connectivity index is -0.0000000267. The molecule has 0 saturated heterocycles. The summed E-state index contributed by atoms with van der Waals surface area (Å²) >= 11 is 0. The monoisotopic (exact) mass is 296 g/mol. The van der Waals surface area contributed by atoms with Gasteiger partial charge in [0.1, 0.15) is 0 Å². The Morgan fingerprint density at radius 1 is 0.923 bits per heavy atom. The molecule has 13 heavy (non-hydrogen) atoms. The normalized spacial score (nSPS) is 9.00. The van der Waals surface area contributed by atoms with Crippen LogP contribution in [0.3, 0.4) is 0 Å². The van der Waals surface area contributed by atoms with Gasteiger partial charge in [0.2, 0.25) is 0 Å². The molecule has 0 unspecified atom stereocenters. The van der Waals surface area contributed by atoms with Crippen LogP contribution in [0, 0.1) is 0 Å². The van der Waals surface area contributed by atoms with Crippen LogP contribution in [0.1, 0.15) is 0 Å². The molecule has 8 nitrogen and oxygen atoms in total. The minimum atomic E-state index is -4.67. The molecule has 0 rings (SSSR count). The first-order valence-electron chi connectivity index (χ1n) is 1.48. The van der Waals surface area contributed by atoms with Gasteiger partial charge in [-0.15, -0.1) is 0 Å². The summed E-state index contributed by atoms with van der Waals surface area (Å²) in [6.45, 7) is 0. The van der Waals surface area contributed by atoms with Crippen molar-refractivity contribution in [2.75, 3.05) is 0 Å². The molecule has 0 saturated carbocycles. The van der Waals surface area contributed by atoms with Crippen molar-refractivity contribution in [2.45, 2.75) is 0 Å². The summed E-state index contributed by atoms with van der Waals surface area (Å²) in [6, 6.07) is 0. The van der Waals surface area contributed by atoms with Gasteiger partial charge in [-0.25, -0.2) is 4.57 Å². The molecule has 78 valence electrons. The average Bonchev–Trinajstić information content (AvgIpc) is 1.12. The third-order valence-corrected chi connectivity index (χ3v) is 0. The minimum absolute atomic E-state index is 0. The molecule has 0 bridgehead atoms. The zero-order valence-corrected chi connectivity index (χ0v) is 6.03. The summed E-state index contributed by atoms with van der Waals surface area (Å²) in [5, 5.41) is 0. The Hall–Kier alpha value is 2.68. The van der Waals surface area contributed by atoms with Crippen molar-refractivity contribution < 1.29 is 36.8 Å². The van der Waals surface area contributed by atoms with Gasteiger partial charge in [0.05, 0.1) is 0 Å². The van der Waals surface area contributed by atoms with Gasteiger partial charge in [0.15, 0.2) is 34.7 Å². The van der Waals surface area contributed by atoms with Gasteiger partial charge < -0.3 is 14.7 Å².